The molecule has 0 aliphatic rings. The van der Waals surface area contributed by atoms with E-state index in [4.69, 9.17) is 9.47 Å². The van der Waals surface area contributed by atoms with Crippen LogP contribution in [0, 0.1) is 5.92 Å². The van der Waals surface area contributed by atoms with Gasteiger partial charge in [0.2, 0.25) is 0 Å². The highest BCUT2D eigenvalue weighted by atomic mass is 16.5. The number of rotatable bonds is 10. The minimum atomic E-state index is 0.655. The van der Waals surface area contributed by atoms with E-state index in [-0.39, 0.29) is 0 Å². The number of unbranched alkanes of at least 4 members (excludes halogenated alkanes) is 2. The summed E-state index contributed by atoms with van der Waals surface area (Å²) in [6.45, 7) is 9.25. The molecule has 0 heterocycles. The summed E-state index contributed by atoms with van der Waals surface area (Å²) < 4.78 is 11.2. The average molecular weight is 279 g/mol. The molecule has 0 amide bonds. The van der Waals surface area contributed by atoms with E-state index in [9.17, 15) is 0 Å². The van der Waals surface area contributed by atoms with Gasteiger partial charge in [0.15, 0.2) is 0 Å². The third-order valence-electron chi connectivity index (χ3n) is 3.15. The summed E-state index contributed by atoms with van der Waals surface area (Å²) in [5.41, 5.74) is 1.20. The first kappa shape index (κ1) is 16.8. The van der Waals surface area contributed by atoms with Crippen LogP contribution in [0.4, 0.5) is 0 Å². The molecule has 0 aromatic heterocycles. The van der Waals surface area contributed by atoms with Gasteiger partial charge in [-0.2, -0.15) is 0 Å². The van der Waals surface area contributed by atoms with Gasteiger partial charge in [0.1, 0.15) is 11.5 Å². The van der Waals surface area contributed by atoms with Crippen LogP contribution in [0.15, 0.2) is 18.2 Å². The monoisotopic (exact) mass is 279 g/mol. The molecular weight excluding hydrogens is 250 g/mol. The van der Waals surface area contributed by atoms with Crippen molar-refractivity contribution in [1.29, 1.82) is 0 Å². The largest absolute Gasteiger partial charge is 0.497 e. The van der Waals surface area contributed by atoms with E-state index >= 15 is 0 Å². The lowest BCUT2D eigenvalue weighted by Gasteiger charge is -2.14. The first-order chi connectivity index (χ1) is 9.67. The Balaban J connectivity index is 2.60. The smallest absolute Gasteiger partial charge is 0.127 e. The molecule has 1 aromatic carbocycles. The molecule has 0 bridgehead atoms. The van der Waals surface area contributed by atoms with Gasteiger partial charge in [-0.3, -0.25) is 0 Å². The maximum Gasteiger partial charge on any atom is 0.127 e. The highest BCUT2D eigenvalue weighted by molar-refractivity contribution is 5.40. The predicted molar refractivity (Wildman–Crippen MR) is 84.6 cm³/mol. The molecule has 3 heteroatoms. The van der Waals surface area contributed by atoms with Gasteiger partial charge < -0.3 is 14.8 Å². The second-order valence-corrected chi connectivity index (χ2v) is 5.55. The van der Waals surface area contributed by atoms with Gasteiger partial charge >= 0.3 is 0 Å². The average Bonchev–Trinajstić information content (AvgIpc) is 2.44. The zero-order chi connectivity index (χ0) is 14.8. The van der Waals surface area contributed by atoms with Crippen LogP contribution in [0.2, 0.25) is 0 Å². The second kappa shape index (κ2) is 9.65. The van der Waals surface area contributed by atoms with E-state index in [1.54, 1.807) is 7.11 Å². The van der Waals surface area contributed by atoms with Crippen LogP contribution in [0.25, 0.3) is 0 Å². The normalized spacial score (nSPS) is 10.8. The minimum Gasteiger partial charge on any atom is -0.497 e. The van der Waals surface area contributed by atoms with Crippen LogP contribution in [-0.2, 0) is 6.54 Å². The summed E-state index contributed by atoms with van der Waals surface area (Å²) in [6.07, 6.45) is 3.53. The molecule has 1 N–H and O–H groups in total. The minimum absolute atomic E-state index is 0.655. The van der Waals surface area contributed by atoms with Crippen molar-refractivity contribution < 1.29 is 9.47 Å². The fourth-order valence-corrected chi connectivity index (χ4v) is 1.97. The van der Waals surface area contributed by atoms with E-state index in [2.05, 4.69) is 32.2 Å². The highest BCUT2D eigenvalue weighted by Crippen LogP contribution is 2.25. The summed E-state index contributed by atoms with van der Waals surface area (Å²) in [6, 6.07) is 6.06. The molecule has 1 aromatic rings. The van der Waals surface area contributed by atoms with E-state index in [1.165, 1.54) is 18.4 Å². The second-order valence-electron chi connectivity index (χ2n) is 5.55. The van der Waals surface area contributed by atoms with Crippen molar-refractivity contribution in [1.82, 2.24) is 5.32 Å². The summed E-state index contributed by atoms with van der Waals surface area (Å²) in [4.78, 5) is 0. The molecule has 0 saturated heterocycles. The third kappa shape index (κ3) is 6.29. The lowest BCUT2D eigenvalue weighted by Crippen LogP contribution is -2.19. The van der Waals surface area contributed by atoms with Gasteiger partial charge in [-0.15, -0.1) is 0 Å². The lowest BCUT2D eigenvalue weighted by atomic mass is 10.1. The third-order valence-corrected chi connectivity index (χ3v) is 3.15. The zero-order valence-corrected chi connectivity index (χ0v) is 13.4. The zero-order valence-electron chi connectivity index (χ0n) is 13.4. The fraction of sp³-hybridized carbons (Fsp3) is 0.647. The van der Waals surface area contributed by atoms with Crippen LogP contribution in [-0.4, -0.2) is 20.3 Å². The van der Waals surface area contributed by atoms with Gasteiger partial charge in [0.25, 0.3) is 0 Å². The lowest BCUT2D eigenvalue weighted by molar-refractivity contribution is 0.300. The van der Waals surface area contributed by atoms with E-state index in [1.807, 2.05) is 12.1 Å². The molecule has 3 nitrogen and oxygen atoms in total. The van der Waals surface area contributed by atoms with E-state index < -0.39 is 0 Å². The molecule has 20 heavy (non-hydrogen) atoms. The first-order valence-electron chi connectivity index (χ1n) is 7.67. The van der Waals surface area contributed by atoms with Gasteiger partial charge in [-0.25, -0.2) is 0 Å². The first-order valence-corrected chi connectivity index (χ1v) is 7.67. The number of nitrogens with one attached hydrogen (secondary N) is 1. The summed E-state index contributed by atoms with van der Waals surface area (Å²) in [5.74, 6) is 2.45. The van der Waals surface area contributed by atoms with E-state index in [0.29, 0.717) is 5.92 Å². The number of hydrogen-bond donors (Lipinski definition) is 1. The number of hydrogen-bond acceptors (Lipinski definition) is 3. The highest BCUT2D eigenvalue weighted by Gasteiger charge is 2.06. The number of benzene rings is 1. The molecule has 0 radical (unpaired) electrons. The van der Waals surface area contributed by atoms with Crippen LogP contribution >= 0.6 is 0 Å². The standard InChI is InChI=1S/C17H29NO2/c1-5-6-7-10-20-17-11-16(19-4)9-8-15(17)13-18-12-14(2)3/h8-9,11,14,18H,5-7,10,12-13H2,1-4H3. The van der Waals surface area contributed by atoms with Crippen LogP contribution in [0.5, 0.6) is 11.5 Å². The summed E-state index contributed by atoms with van der Waals surface area (Å²) in [5, 5.41) is 3.46. The van der Waals surface area contributed by atoms with Crippen molar-refractivity contribution in [3.05, 3.63) is 23.8 Å². The molecule has 0 spiro atoms. The van der Waals surface area contributed by atoms with Gasteiger partial charge in [0.05, 0.1) is 13.7 Å². The summed E-state index contributed by atoms with van der Waals surface area (Å²) >= 11 is 0. The molecule has 0 aliphatic heterocycles. The van der Waals surface area contributed by atoms with Crippen molar-refractivity contribution >= 4 is 0 Å². The molecule has 0 aliphatic carbocycles. The Morgan fingerprint density at radius 2 is 2.00 bits per heavy atom. The SMILES string of the molecule is CCCCCOc1cc(OC)ccc1CNCC(C)C. The molecular formula is C17H29NO2. The Morgan fingerprint density at radius 3 is 2.65 bits per heavy atom. The molecule has 114 valence electrons. The molecule has 0 atom stereocenters. The van der Waals surface area contributed by atoms with Crippen LogP contribution in [0.1, 0.15) is 45.6 Å². The Morgan fingerprint density at radius 1 is 1.20 bits per heavy atom. The quantitative estimate of drug-likeness (QED) is 0.656. The maximum atomic E-state index is 5.92. The number of methoxy groups -OCH3 is 1. The van der Waals surface area contributed by atoms with Crippen molar-refractivity contribution in [2.45, 2.75) is 46.6 Å². The van der Waals surface area contributed by atoms with Crippen molar-refractivity contribution in [3.8, 4) is 11.5 Å². The Labute approximate surface area is 123 Å². The Kier molecular flexibility index (Phi) is 8.12. The van der Waals surface area contributed by atoms with Gasteiger partial charge in [-0.05, 0) is 24.9 Å². The van der Waals surface area contributed by atoms with Crippen molar-refractivity contribution in [2.24, 2.45) is 5.92 Å². The van der Waals surface area contributed by atoms with Crippen LogP contribution < -0.4 is 14.8 Å². The Bertz CT molecular complexity index is 377. The molecule has 0 saturated carbocycles. The van der Waals surface area contributed by atoms with Crippen molar-refractivity contribution in [2.75, 3.05) is 20.3 Å². The Hall–Kier alpha value is -1.22. The molecule has 1 rings (SSSR count). The van der Waals surface area contributed by atoms with Gasteiger partial charge in [0, 0.05) is 18.2 Å². The molecule has 0 unspecified atom stereocenters. The van der Waals surface area contributed by atoms with Gasteiger partial charge in [-0.1, -0.05) is 39.7 Å². The summed E-state index contributed by atoms with van der Waals surface area (Å²) in [7, 11) is 1.69. The topological polar surface area (TPSA) is 30.5 Å². The molecule has 0 fully saturated rings. The van der Waals surface area contributed by atoms with Crippen molar-refractivity contribution in [3.63, 3.8) is 0 Å². The maximum absolute atomic E-state index is 5.92. The van der Waals surface area contributed by atoms with Crippen LogP contribution in [0.3, 0.4) is 0 Å². The predicted octanol–water partition coefficient (Wildman–Crippen LogP) is 4.01. The van der Waals surface area contributed by atoms with E-state index in [0.717, 1.165) is 37.6 Å². The number of ether oxygens (including phenoxy) is 2. The fourth-order valence-electron chi connectivity index (χ4n) is 1.97.